The maximum absolute atomic E-state index is 13.3. The van der Waals surface area contributed by atoms with Crippen LogP contribution in [0.2, 0.25) is 0 Å². The van der Waals surface area contributed by atoms with Gasteiger partial charge >= 0.3 is 0 Å². The number of sulfonamides is 1. The largest absolute Gasteiger partial charge is 0.361 e. The molecule has 1 heterocycles. The quantitative estimate of drug-likeness (QED) is 0.372. The van der Waals surface area contributed by atoms with E-state index in [2.05, 4.69) is 20.6 Å². The summed E-state index contributed by atoms with van der Waals surface area (Å²) in [6.45, 7) is 1.02. The number of hydrogen-bond acceptors (Lipinski definition) is 3. The van der Waals surface area contributed by atoms with E-state index in [1.54, 1.807) is 25.2 Å². The Morgan fingerprint density at radius 1 is 1.21 bits per heavy atom. The highest BCUT2D eigenvalue weighted by molar-refractivity contribution is 7.89. The van der Waals surface area contributed by atoms with E-state index >= 15 is 0 Å². The lowest BCUT2D eigenvalue weighted by Gasteiger charge is -2.12. The second-order valence-corrected chi connectivity index (χ2v) is 7.86. The summed E-state index contributed by atoms with van der Waals surface area (Å²) < 4.78 is 36.2. The molecule has 3 rings (SSSR count). The first-order chi connectivity index (χ1) is 13.4. The van der Waals surface area contributed by atoms with Crippen LogP contribution in [0.5, 0.6) is 0 Å². The Morgan fingerprint density at radius 2 is 2.04 bits per heavy atom. The average Bonchev–Trinajstić information content (AvgIpc) is 3.06. The number of primary sulfonamides is 1. The molecule has 0 aliphatic heterocycles. The molecule has 0 spiro atoms. The van der Waals surface area contributed by atoms with Gasteiger partial charge in [-0.3, -0.25) is 4.99 Å². The molecule has 3 aromatic rings. The van der Waals surface area contributed by atoms with Crippen molar-refractivity contribution in [2.45, 2.75) is 17.9 Å². The number of aromatic nitrogens is 1. The Hall–Kier alpha value is -2.91. The number of benzene rings is 2. The monoisotopic (exact) mass is 403 g/mol. The van der Waals surface area contributed by atoms with E-state index in [-0.39, 0.29) is 10.7 Å². The number of rotatable bonds is 6. The molecule has 0 aliphatic rings. The van der Waals surface area contributed by atoms with Gasteiger partial charge in [-0.15, -0.1) is 0 Å². The van der Waals surface area contributed by atoms with Gasteiger partial charge in [0.15, 0.2) is 5.96 Å². The fourth-order valence-electron chi connectivity index (χ4n) is 2.92. The van der Waals surface area contributed by atoms with Crippen LogP contribution in [0.15, 0.2) is 58.5 Å². The van der Waals surface area contributed by atoms with Crippen LogP contribution >= 0.6 is 0 Å². The van der Waals surface area contributed by atoms with Gasteiger partial charge in [-0.25, -0.2) is 17.9 Å². The summed E-state index contributed by atoms with van der Waals surface area (Å²) in [6, 6.07) is 11.1. The van der Waals surface area contributed by atoms with E-state index < -0.39 is 10.0 Å². The van der Waals surface area contributed by atoms with Gasteiger partial charge in [0.25, 0.3) is 0 Å². The van der Waals surface area contributed by atoms with Crippen molar-refractivity contribution in [3.05, 3.63) is 65.6 Å². The Labute approximate surface area is 162 Å². The number of H-pyrrole nitrogens is 1. The smallest absolute Gasteiger partial charge is 0.238 e. The molecular weight excluding hydrogens is 381 g/mol. The number of nitrogens with one attached hydrogen (secondary N) is 3. The summed E-state index contributed by atoms with van der Waals surface area (Å²) in [4.78, 5) is 7.31. The molecule has 9 heteroatoms. The third kappa shape index (κ3) is 4.87. The molecule has 0 bridgehead atoms. The molecular formula is C19H22FN5O2S. The van der Waals surface area contributed by atoms with E-state index in [1.807, 2.05) is 6.20 Å². The predicted octanol–water partition coefficient (Wildman–Crippen LogP) is 1.86. The first kappa shape index (κ1) is 19.8. The minimum Gasteiger partial charge on any atom is -0.361 e. The number of guanidine groups is 1. The summed E-state index contributed by atoms with van der Waals surface area (Å²) >= 11 is 0. The van der Waals surface area contributed by atoms with E-state index in [4.69, 9.17) is 5.14 Å². The molecule has 5 N–H and O–H groups in total. The Kier molecular flexibility index (Phi) is 5.96. The average molecular weight is 403 g/mol. The van der Waals surface area contributed by atoms with Crippen molar-refractivity contribution in [3.8, 4) is 0 Å². The van der Waals surface area contributed by atoms with Crippen LogP contribution in [0.25, 0.3) is 10.9 Å². The van der Waals surface area contributed by atoms with Crippen LogP contribution in [-0.2, 0) is 23.0 Å². The minimum absolute atomic E-state index is 0.0746. The lowest BCUT2D eigenvalue weighted by molar-refractivity contribution is 0.597. The topological polar surface area (TPSA) is 112 Å². The van der Waals surface area contributed by atoms with Gasteiger partial charge < -0.3 is 15.6 Å². The number of nitrogens with two attached hydrogens (primary N) is 1. The zero-order valence-corrected chi connectivity index (χ0v) is 16.2. The first-order valence-electron chi connectivity index (χ1n) is 8.68. The van der Waals surface area contributed by atoms with Gasteiger partial charge in [0.1, 0.15) is 5.82 Å². The lowest BCUT2D eigenvalue weighted by Crippen LogP contribution is -2.37. The summed E-state index contributed by atoms with van der Waals surface area (Å²) in [5.41, 5.74) is 2.62. The Morgan fingerprint density at radius 3 is 2.79 bits per heavy atom. The van der Waals surface area contributed by atoms with Gasteiger partial charge in [0.2, 0.25) is 10.0 Å². The third-order valence-electron chi connectivity index (χ3n) is 4.33. The maximum Gasteiger partial charge on any atom is 0.238 e. The number of nitrogens with zero attached hydrogens (tertiary/aromatic N) is 1. The van der Waals surface area contributed by atoms with Crippen molar-refractivity contribution >= 4 is 26.9 Å². The molecule has 0 saturated carbocycles. The molecule has 0 amide bonds. The third-order valence-corrected chi connectivity index (χ3v) is 5.24. The normalized spacial score (nSPS) is 12.3. The molecule has 7 nitrogen and oxygen atoms in total. The number of hydrogen-bond donors (Lipinski definition) is 4. The Bertz CT molecular complexity index is 1110. The zero-order chi connectivity index (χ0) is 20.1. The summed E-state index contributed by atoms with van der Waals surface area (Å²) in [6.07, 6.45) is 2.61. The minimum atomic E-state index is -3.73. The summed E-state index contributed by atoms with van der Waals surface area (Å²) in [7, 11) is -2.07. The molecule has 0 unspecified atom stereocenters. The molecule has 0 radical (unpaired) electrons. The number of aromatic amines is 1. The lowest BCUT2D eigenvalue weighted by atomic mass is 10.1. The van der Waals surface area contributed by atoms with Gasteiger partial charge in [0.05, 0.1) is 4.90 Å². The van der Waals surface area contributed by atoms with Crippen molar-refractivity contribution in [2.75, 3.05) is 13.6 Å². The maximum atomic E-state index is 13.3. The van der Waals surface area contributed by atoms with Crippen molar-refractivity contribution in [1.29, 1.82) is 0 Å². The van der Waals surface area contributed by atoms with Crippen molar-refractivity contribution < 1.29 is 12.8 Å². The predicted molar refractivity (Wildman–Crippen MR) is 108 cm³/mol. The van der Waals surface area contributed by atoms with E-state index in [0.29, 0.717) is 19.0 Å². The molecule has 0 atom stereocenters. The van der Waals surface area contributed by atoms with Gasteiger partial charge in [-0.2, -0.15) is 0 Å². The number of halogens is 1. The van der Waals surface area contributed by atoms with E-state index in [1.165, 1.54) is 24.3 Å². The van der Waals surface area contributed by atoms with Crippen molar-refractivity contribution in [3.63, 3.8) is 0 Å². The molecule has 0 saturated heterocycles. The molecule has 28 heavy (non-hydrogen) atoms. The van der Waals surface area contributed by atoms with Crippen LogP contribution in [-0.4, -0.2) is 33.0 Å². The molecule has 1 aromatic heterocycles. The molecule has 0 fully saturated rings. The highest BCUT2D eigenvalue weighted by atomic mass is 32.2. The zero-order valence-electron chi connectivity index (χ0n) is 15.4. The van der Waals surface area contributed by atoms with Crippen LogP contribution in [0, 0.1) is 5.82 Å². The number of aliphatic imine (C=N–C) groups is 1. The second-order valence-electron chi connectivity index (χ2n) is 6.30. The van der Waals surface area contributed by atoms with E-state index in [0.717, 1.165) is 28.5 Å². The van der Waals surface area contributed by atoms with Gasteiger partial charge in [-0.1, -0.05) is 12.1 Å². The van der Waals surface area contributed by atoms with Gasteiger partial charge in [-0.05, 0) is 47.9 Å². The highest BCUT2D eigenvalue weighted by Crippen LogP contribution is 2.19. The van der Waals surface area contributed by atoms with Crippen molar-refractivity contribution in [2.24, 2.45) is 10.1 Å². The van der Waals surface area contributed by atoms with Crippen LogP contribution in [0.4, 0.5) is 4.39 Å². The summed E-state index contributed by atoms with van der Waals surface area (Å²) in [5.74, 6) is 0.321. The number of fused-ring (bicyclic) bond motifs is 1. The highest BCUT2D eigenvalue weighted by Gasteiger charge is 2.08. The second kappa shape index (κ2) is 8.41. The van der Waals surface area contributed by atoms with Crippen LogP contribution in [0.3, 0.4) is 0 Å². The molecule has 148 valence electrons. The Balaban J connectivity index is 1.55. The molecule has 0 aliphatic carbocycles. The van der Waals surface area contributed by atoms with E-state index in [9.17, 15) is 12.8 Å². The fraction of sp³-hybridized carbons (Fsp3) is 0.211. The van der Waals surface area contributed by atoms with Crippen LogP contribution in [0.1, 0.15) is 11.1 Å². The fourth-order valence-corrected chi connectivity index (χ4v) is 3.50. The SMILES string of the molecule is CN=C(NCCc1c[nH]c2cc(F)ccc12)NCc1cccc(S(N)(=O)=O)c1. The van der Waals surface area contributed by atoms with Crippen molar-refractivity contribution in [1.82, 2.24) is 15.6 Å². The van der Waals surface area contributed by atoms with Gasteiger partial charge in [0, 0.05) is 37.2 Å². The first-order valence-corrected chi connectivity index (χ1v) is 10.2. The summed E-state index contributed by atoms with van der Waals surface area (Å²) in [5, 5.41) is 12.5. The van der Waals surface area contributed by atoms with Crippen LogP contribution < -0.4 is 15.8 Å². The molecule has 2 aromatic carbocycles. The standard InChI is InChI=1S/C19H22FN5O2S/c1-22-19(25-11-13-3-2-4-16(9-13)28(21,26)27)23-8-7-14-12-24-18-10-15(20)5-6-17(14)18/h2-6,9-10,12,24H,7-8,11H2,1H3,(H2,21,26,27)(H2,22,23,25).